The molecule has 0 bridgehead atoms. The molecule has 0 fully saturated rings. The molecule has 104 valence electrons. The molecule has 2 aromatic heterocycles. The zero-order valence-corrected chi connectivity index (χ0v) is 11.7. The lowest BCUT2D eigenvalue weighted by atomic mass is 10.2. The minimum atomic E-state index is -0.327. The van der Waals surface area contributed by atoms with Crippen LogP contribution in [0.1, 0.15) is 23.7 Å². The fourth-order valence-corrected chi connectivity index (χ4v) is 1.71. The summed E-state index contributed by atoms with van der Waals surface area (Å²) in [6.45, 7) is 2.83. The van der Waals surface area contributed by atoms with E-state index >= 15 is 0 Å². The SMILES string of the molecule is CCCNc1cc(C(=O)Nc2cncnc2)c(Cl)cn1. The van der Waals surface area contributed by atoms with Gasteiger partial charge in [0.15, 0.2) is 0 Å². The Morgan fingerprint density at radius 2 is 2.05 bits per heavy atom. The molecule has 1 amide bonds. The van der Waals surface area contributed by atoms with E-state index in [0.29, 0.717) is 22.1 Å². The number of hydrogen-bond donors (Lipinski definition) is 2. The molecule has 2 heterocycles. The van der Waals surface area contributed by atoms with Gasteiger partial charge in [0.05, 0.1) is 28.7 Å². The van der Waals surface area contributed by atoms with Crippen LogP contribution in [0.25, 0.3) is 0 Å². The number of anilines is 2. The van der Waals surface area contributed by atoms with Crippen LogP contribution in [-0.2, 0) is 0 Å². The summed E-state index contributed by atoms with van der Waals surface area (Å²) < 4.78 is 0. The third kappa shape index (κ3) is 3.64. The summed E-state index contributed by atoms with van der Waals surface area (Å²) in [6, 6.07) is 1.62. The monoisotopic (exact) mass is 291 g/mol. The predicted molar refractivity (Wildman–Crippen MR) is 78.0 cm³/mol. The van der Waals surface area contributed by atoms with Crippen molar-refractivity contribution in [2.45, 2.75) is 13.3 Å². The number of rotatable bonds is 5. The van der Waals surface area contributed by atoms with Crippen molar-refractivity contribution < 1.29 is 4.79 Å². The molecule has 2 rings (SSSR count). The molecule has 7 heteroatoms. The highest BCUT2D eigenvalue weighted by Crippen LogP contribution is 2.19. The van der Waals surface area contributed by atoms with Crippen LogP contribution in [0.15, 0.2) is 31.0 Å². The van der Waals surface area contributed by atoms with Crippen molar-refractivity contribution in [1.82, 2.24) is 15.0 Å². The Balaban J connectivity index is 2.16. The molecule has 0 aliphatic rings. The largest absolute Gasteiger partial charge is 0.370 e. The smallest absolute Gasteiger partial charge is 0.257 e. The van der Waals surface area contributed by atoms with Crippen molar-refractivity contribution in [2.24, 2.45) is 0 Å². The van der Waals surface area contributed by atoms with E-state index in [0.717, 1.165) is 13.0 Å². The van der Waals surface area contributed by atoms with Crippen molar-refractivity contribution >= 4 is 29.0 Å². The van der Waals surface area contributed by atoms with Crippen LogP contribution in [0.3, 0.4) is 0 Å². The van der Waals surface area contributed by atoms with E-state index in [4.69, 9.17) is 11.6 Å². The van der Waals surface area contributed by atoms with Gasteiger partial charge in [-0.3, -0.25) is 4.79 Å². The number of pyridine rings is 1. The minimum Gasteiger partial charge on any atom is -0.370 e. The minimum absolute atomic E-state index is 0.293. The van der Waals surface area contributed by atoms with Gasteiger partial charge in [-0.2, -0.15) is 0 Å². The number of carbonyl (C=O) groups excluding carboxylic acids is 1. The second-order valence-electron chi connectivity index (χ2n) is 4.06. The van der Waals surface area contributed by atoms with Gasteiger partial charge in [-0.05, 0) is 12.5 Å². The van der Waals surface area contributed by atoms with Crippen molar-refractivity contribution in [3.63, 3.8) is 0 Å². The Kier molecular flexibility index (Phi) is 4.84. The second kappa shape index (κ2) is 6.81. The van der Waals surface area contributed by atoms with E-state index in [1.54, 1.807) is 6.07 Å². The number of amides is 1. The topological polar surface area (TPSA) is 79.8 Å². The number of nitrogens with one attached hydrogen (secondary N) is 2. The molecule has 0 aromatic carbocycles. The normalized spacial score (nSPS) is 10.1. The van der Waals surface area contributed by atoms with Gasteiger partial charge in [-0.15, -0.1) is 0 Å². The van der Waals surface area contributed by atoms with Gasteiger partial charge in [0, 0.05) is 12.7 Å². The molecule has 0 spiro atoms. The predicted octanol–water partition coefficient (Wildman–Crippen LogP) is 2.60. The van der Waals surface area contributed by atoms with Crippen LogP contribution in [0, 0.1) is 0 Å². The highest BCUT2D eigenvalue weighted by atomic mass is 35.5. The number of nitrogens with zero attached hydrogens (tertiary/aromatic N) is 3. The van der Waals surface area contributed by atoms with Crippen LogP contribution in [0.5, 0.6) is 0 Å². The quantitative estimate of drug-likeness (QED) is 0.885. The molecule has 0 aliphatic carbocycles. The Labute approximate surface area is 121 Å². The molecule has 2 N–H and O–H groups in total. The summed E-state index contributed by atoms with van der Waals surface area (Å²) in [7, 11) is 0. The first-order chi connectivity index (χ1) is 9.70. The summed E-state index contributed by atoms with van der Waals surface area (Å²) in [5.41, 5.74) is 0.859. The Morgan fingerprint density at radius 3 is 2.75 bits per heavy atom. The molecule has 6 nitrogen and oxygen atoms in total. The zero-order valence-electron chi connectivity index (χ0n) is 10.9. The maximum Gasteiger partial charge on any atom is 0.257 e. The molecular weight excluding hydrogens is 278 g/mol. The summed E-state index contributed by atoms with van der Waals surface area (Å²) in [5, 5.41) is 6.08. The van der Waals surface area contributed by atoms with Crippen molar-refractivity contribution in [3.05, 3.63) is 41.6 Å². The molecule has 20 heavy (non-hydrogen) atoms. The van der Waals surface area contributed by atoms with Crippen LogP contribution in [0.4, 0.5) is 11.5 Å². The van der Waals surface area contributed by atoms with Crippen LogP contribution in [0.2, 0.25) is 5.02 Å². The van der Waals surface area contributed by atoms with Gasteiger partial charge >= 0.3 is 0 Å². The van der Waals surface area contributed by atoms with E-state index in [9.17, 15) is 4.79 Å². The van der Waals surface area contributed by atoms with Crippen molar-refractivity contribution in [1.29, 1.82) is 0 Å². The Morgan fingerprint density at radius 1 is 1.30 bits per heavy atom. The van der Waals surface area contributed by atoms with E-state index in [-0.39, 0.29) is 5.91 Å². The van der Waals surface area contributed by atoms with Crippen LogP contribution in [-0.4, -0.2) is 27.4 Å². The van der Waals surface area contributed by atoms with E-state index < -0.39 is 0 Å². The average molecular weight is 292 g/mol. The van der Waals surface area contributed by atoms with Crippen LogP contribution >= 0.6 is 11.6 Å². The van der Waals surface area contributed by atoms with Gasteiger partial charge in [-0.1, -0.05) is 18.5 Å². The van der Waals surface area contributed by atoms with E-state index in [1.165, 1.54) is 24.9 Å². The molecule has 0 aliphatic heterocycles. The molecule has 0 unspecified atom stereocenters. The molecule has 0 atom stereocenters. The summed E-state index contributed by atoms with van der Waals surface area (Å²) in [6.07, 6.45) is 6.83. The number of hydrogen-bond acceptors (Lipinski definition) is 5. The Hall–Kier alpha value is -2.21. The van der Waals surface area contributed by atoms with Gasteiger partial charge in [0.1, 0.15) is 12.1 Å². The molecular formula is C13H14ClN5O. The summed E-state index contributed by atoms with van der Waals surface area (Å²) >= 11 is 6.01. The summed E-state index contributed by atoms with van der Waals surface area (Å²) in [5.74, 6) is 0.289. The lowest BCUT2D eigenvalue weighted by Crippen LogP contribution is -2.14. The number of halogens is 1. The fourth-order valence-electron chi connectivity index (χ4n) is 1.52. The second-order valence-corrected chi connectivity index (χ2v) is 4.46. The first-order valence-electron chi connectivity index (χ1n) is 6.16. The zero-order chi connectivity index (χ0) is 14.4. The van der Waals surface area contributed by atoms with Crippen molar-refractivity contribution in [2.75, 3.05) is 17.2 Å². The van der Waals surface area contributed by atoms with E-state index in [2.05, 4.69) is 25.6 Å². The van der Waals surface area contributed by atoms with Gasteiger partial charge in [0.25, 0.3) is 5.91 Å². The molecule has 0 saturated carbocycles. The van der Waals surface area contributed by atoms with Crippen molar-refractivity contribution in [3.8, 4) is 0 Å². The number of carbonyl (C=O) groups is 1. The maximum absolute atomic E-state index is 12.2. The number of aromatic nitrogens is 3. The highest BCUT2D eigenvalue weighted by molar-refractivity contribution is 6.34. The standard InChI is InChI=1S/C13H14ClN5O/c1-2-3-17-12-4-10(11(14)7-18-12)13(20)19-9-5-15-8-16-6-9/h4-8H,2-3H2,1H3,(H,17,18)(H,19,20). The van der Waals surface area contributed by atoms with E-state index in [1.807, 2.05) is 6.92 Å². The average Bonchev–Trinajstić information content (AvgIpc) is 2.47. The van der Waals surface area contributed by atoms with Gasteiger partial charge < -0.3 is 10.6 Å². The lowest BCUT2D eigenvalue weighted by molar-refractivity contribution is 0.102. The van der Waals surface area contributed by atoms with Gasteiger partial charge in [0.2, 0.25) is 0 Å². The van der Waals surface area contributed by atoms with Crippen LogP contribution < -0.4 is 10.6 Å². The summed E-state index contributed by atoms with van der Waals surface area (Å²) in [4.78, 5) is 23.9. The highest BCUT2D eigenvalue weighted by Gasteiger charge is 2.12. The Bertz CT molecular complexity index is 591. The third-order valence-corrected chi connectivity index (χ3v) is 2.78. The molecule has 0 radical (unpaired) electrons. The first kappa shape index (κ1) is 14.2. The lowest BCUT2D eigenvalue weighted by Gasteiger charge is -2.09. The van der Waals surface area contributed by atoms with Gasteiger partial charge in [-0.25, -0.2) is 15.0 Å². The fraction of sp³-hybridized carbons (Fsp3) is 0.231. The maximum atomic E-state index is 12.2. The molecule has 0 saturated heterocycles. The first-order valence-corrected chi connectivity index (χ1v) is 6.54. The molecule has 2 aromatic rings. The third-order valence-electron chi connectivity index (χ3n) is 2.47.